The number of amides is 1. The first kappa shape index (κ1) is 16.8. The third-order valence-corrected chi connectivity index (χ3v) is 5.19. The van der Waals surface area contributed by atoms with Crippen molar-refractivity contribution in [2.24, 2.45) is 0 Å². The molecule has 122 valence electrons. The molecule has 0 bridgehead atoms. The summed E-state index contributed by atoms with van der Waals surface area (Å²) in [5.74, 6) is -0.00550. The number of piperazine rings is 1. The van der Waals surface area contributed by atoms with Crippen LogP contribution in [0.2, 0.25) is 0 Å². The van der Waals surface area contributed by atoms with E-state index in [0.29, 0.717) is 26.2 Å². The van der Waals surface area contributed by atoms with E-state index >= 15 is 0 Å². The van der Waals surface area contributed by atoms with Crippen LogP contribution in [0.1, 0.15) is 11.1 Å². The first-order chi connectivity index (χ1) is 10.3. The summed E-state index contributed by atoms with van der Waals surface area (Å²) >= 11 is 0. The predicted molar refractivity (Wildman–Crippen MR) is 87.4 cm³/mol. The van der Waals surface area contributed by atoms with E-state index in [-0.39, 0.29) is 12.5 Å². The molecule has 1 aromatic rings. The van der Waals surface area contributed by atoms with Crippen LogP contribution in [0.3, 0.4) is 0 Å². The van der Waals surface area contributed by atoms with Gasteiger partial charge < -0.3 is 10.2 Å². The highest BCUT2D eigenvalue weighted by atomic mass is 32.2. The van der Waals surface area contributed by atoms with Gasteiger partial charge in [0.1, 0.15) is 0 Å². The fourth-order valence-electron chi connectivity index (χ4n) is 2.48. The highest BCUT2D eigenvalue weighted by Crippen LogP contribution is 2.16. The lowest BCUT2D eigenvalue weighted by molar-refractivity contribution is -0.130. The van der Waals surface area contributed by atoms with Crippen LogP contribution >= 0.6 is 0 Å². The highest BCUT2D eigenvalue weighted by Gasteiger charge is 2.25. The van der Waals surface area contributed by atoms with Crippen molar-refractivity contribution >= 4 is 21.6 Å². The number of aryl methyl sites for hydroxylation is 2. The van der Waals surface area contributed by atoms with Crippen molar-refractivity contribution in [1.82, 2.24) is 9.21 Å². The molecule has 0 unspecified atom stereocenters. The van der Waals surface area contributed by atoms with Crippen LogP contribution in [-0.2, 0) is 14.8 Å². The van der Waals surface area contributed by atoms with Crippen molar-refractivity contribution in [2.45, 2.75) is 13.8 Å². The van der Waals surface area contributed by atoms with Crippen molar-refractivity contribution in [2.75, 3.05) is 44.3 Å². The van der Waals surface area contributed by atoms with E-state index in [0.717, 1.165) is 16.8 Å². The minimum Gasteiger partial charge on any atom is -0.376 e. The largest absolute Gasteiger partial charge is 0.376 e. The van der Waals surface area contributed by atoms with Gasteiger partial charge >= 0.3 is 0 Å². The SMILES string of the molecule is Cc1ccc(C)c(NCC(=O)N2CCN(S(C)(=O)=O)CC2)c1. The molecule has 1 fully saturated rings. The Morgan fingerprint density at radius 2 is 1.82 bits per heavy atom. The minimum absolute atomic E-state index is 0.00550. The third kappa shape index (κ3) is 4.20. The van der Waals surface area contributed by atoms with Crippen LogP contribution in [0.15, 0.2) is 18.2 Å². The molecule has 0 atom stereocenters. The highest BCUT2D eigenvalue weighted by molar-refractivity contribution is 7.88. The topological polar surface area (TPSA) is 69.7 Å². The summed E-state index contributed by atoms with van der Waals surface area (Å²) in [7, 11) is -3.16. The molecule has 1 aliphatic rings. The molecule has 0 spiro atoms. The molecule has 1 aliphatic heterocycles. The summed E-state index contributed by atoms with van der Waals surface area (Å²) in [5.41, 5.74) is 3.20. The van der Waals surface area contributed by atoms with Crippen LogP contribution in [-0.4, -0.2) is 62.5 Å². The summed E-state index contributed by atoms with van der Waals surface area (Å²) in [6, 6.07) is 6.07. The molecule has 1 saturated heterocycles. The van der Waals surface area contributed by atoms with Gasteiger partial charge in [-0.2, -0.15) is 4.31 Å². The van der Waals surface area contributed by atoms with Gasteiger partial charge in [-0.25, -0.2) is 8.42 Å². The number of nitrogens with zero attached hydrogens (tertiary/aromatic N) is 2. The molecule has 0 saturated carbocycles. The summed E-state index contributed by atoms with van der Waals surface area (Å²) in [4.78, 5) is 13.9. The van der Waals surface area contributed by atoms with Crippen molar-refractivity contribution in [3.8, 4) is 0 Å². The van der Waals surface area contributed by atoms with Gasteiger partial charge in [-0.1, -0.05) is 12.1 Å². The van der Waals surface area contributed by atoms with Gasteiger partial charge in [0, 0.05) is 31.9 Å². The number of sulfonamides is 1. The number of nitrogens with one attached hydrogen (secondary N) is 1. The molecule has 1 aromatic carbocycles. The van der Waals surface area contributed by atoms with Crippen LogP contribution in [0.5, 0.6) is 0 Å². The molecule has 1 N–H and O–H groups in total. The Balaban J connectivity index is 1.87. The van der Waals surface area contributed by atoms with E-state index in [4.69, 9.17) is 0 Å². The number of carbonyl (C=O) groups excluding carboxylic acids is 1. The standard InChI is InChI=1S/C15H23N3O3S/c1-12-4-5-13(2)14(10-12)16-11-15(19)17-6-8-18(9-7-17)22(3,20)21/h4-5,10,16H,6-9,11H2,1-3H3. The molecule has 22 heavy (non-hydrogen) atoms. The van der Waals surface area contributed by atoms with E-state index in [1.165, 1.54) is 10.6 Å². The van der Waals surface area contributed by atoms with Gasteiger partial charge in [0.25, 0.3) is 0 Å². The van der Waals surface area contributed by atoms with Gasteiger partial charge in [-0.05, 0) is 31.0 Å². The third-order valence-electron chi connectivity index (χ3n) is 3.88. The smallest absolute Gasteiger partial charge is 0.241 e. The van der Waals surface area contributed by atoms with Gasteiger partial charge in [-0.3, -0.25) is 4.79 Å². The molecular formula is C15H23N3O3S. The Labute approximate surface area is 132 Å². The maximum absolute atomic E-state index is 12.2. The fraction of sp³-hybridized carbons (Fsp3) is 0.533. The number of benzene rings is 1. The van der Waals surface area contributed by atoms with Crippen molar-refractivity contribution in [3.63, 3.8) is 0 Å². The number of hydrogen-bond acceptors (Lipinski definition) is 4. The van der Waals surface area contributed by atoms with Gasteiger partial charge in [0.15, 0.2) is 0 Å². The zero-order valence-corrected chi connectivity index (χ0v) is 14.1. The second kappa shape index (κ2) is 6.66. The Kier molecular flexibility index (Phi) is 5.08. The number of anilines is 1. The maximum atomic E-state index is 12.2. The summed E-state index contributed by atoms with van der Waals surface area (Å²) in [6.07, 6.45) is 1.20. The van der Waals surface area contributed by atoms with Crippen LogP contribution in [0.4, 0.5) is 5.69 Å². The normalized spacial score (nSPS) is 16.6. The molecule has 0 radical (unpaired) electrons. The first-order valence-electron chi connectivity index (χ1n) is 7.31. The average molecular weight is 325 g/mol. The number of carbonyl (C=O) groups is 1. The zero-order chi connectivity index (χ0) is 16.3. The van der Waals surface area contributed by atoms with Crippen molar-refractivity contribution < 1.29 is 13.2 Å². The average Bonchev–Trinajstić information content (AvgIpc) is 2.47. The summed E-state index contributed by atoms with van der Waals surface area (Å²) in [5, 5.41) is 3.17. The molecule has 2 rings (SSSR count). The lowest BCUT2D eigenvalue weighted by Crippen LogP contribution is -2.51. The Hall–Kier alpha value is -1.60. The van der Waals surface area contributed by atoms with E-state index < -0.39 is 10.0 Å². The quantitative estimate of drug-likeness (QED) is 0.890. The van der Waals surface area contributed by atoms with E-state index in [1.807, 2.05) is 32.0 Å². The van der Waals surface area contributed by atoms with Gasteiger partial charge in [0.05, 0.1) is 12.8 Å². The van der Waals surface area contributed by atoms with Crippen molar-refractivity contribution in [1.29, 1.82) is 0 Å². The maximum Gasteiger partial charge on any atom is 0.241 e. The van der Waals surface area contributed by atoms with Crippen molar-refractivity contribution in [3.05, 3.63) is 29.3 Å². The lowest BCUT2D eigenvalue weighted by Gasteiger charge is -2.33. The fourth-order valence-corrected chi connectivity index (χ4v) is 3.30. The van der Waals surface area contributed by atoms with Crippen LogP contribution in [0.25, 0.3) is 0 Å². The molecule has 1 amide bonds. The van der Waals surface area contributed by atoms with Crippen LogP contribution < -0.4 is 5.32 Å². The van der Waals surface area contributed by atoms with E-state index in [9.17, 15) is 13.2 Å². The number of hydrogen-bond donors (Lipinski definition) is 1. The van der Waals surface area contributed by atoms with E-state index in [2.05, 4.69) is 5.32 Å². The minimum atomic E-state index is -3.16. The summed E-state index contributed by atoms with van der Waals surface area (Å²) in [6.45, 7) is 5.86. The lowest BCUT2D eigenvalue weighted by atomic mass is 10.1. The monoisotopic (exact) mass is 325 g/mol. The molecule has 1 heterocycles. The first-order valence-corrected chi connectivity index (χ1v) is 9.16. The second-order valence-corrected chi connectivity index (χ2v) is 7.70. The predicted octanol–water partition coefficient (Wildman–Crippen LogP) is 0.819. The molecule has 0 aromatic heterocycles. The Bertz CT molecular complexity index is 650. The molecule has 6 nitrogen and oxygen atoms in total. The molecule has 7 heteroatoms. The Morgan fingerprint density at radius 1 is 1.18 bits per heavy atom. The van der Waals surface area contributed by atoms with E-state index in [1.54, 1.807) is 4.90 Å². The molecular weight excluding hydrogens is 302 g/mol. The second-order valence-electron chi connectivity index (χ2n) is 5.71. The molecule has 0 aliphatic carbocycles. The van der Waals surface area contributed by atoms with Gasteiger partial charge in [-0.15, -0.1) is 0 Å². The van der Waals surface area contributed by atoms with Gasteiger partial charge in [0.2, 0.25) is 15.9 Å². The Morgan fingerprint density at radius 3 is 2.41 bits per heavy atom. The van der Waals surface area contributed by atoms with Crippen LogP contribution in [0, 0.1) is 13.8 Å². The number of rotatable bonds is 4. The zero-order valence-electron chi connectivity index (χ0n) is 13.3. The summed E-state index contributed by atoms with van der Waals surface area (Å²) < 4.78 is 24.3.